The normalized spacial score (nSPS) is 15.9. The van der Waals surface area contributed by atoms with Gasteiger partial charge in [-0.05, 0) is 30.9 Å². The van der Waals surface area contributed by atoms with Gasteiger partial charge in [0, 0.05) is 6.54 Å². The maximum absolute atomic E-state index is 11.5. The van der Waals surface area contributed by atoms with Crippen LogP contribution >= 0.6 is 0 Å². The fraction of sp³-hybridized carbons (Fsp3) is 0.538. The molecule has 0 saturated heterocycles. The number of guanidine groups is 1. The van der Waals surface area contributed by atoms with E-state index in [-0.39, 0.29) is 12.5 Å². The summed E-state index contributed by atoms with van der Waals surface area (Å²) < 4.78 is 5.11. The van der Waals surface area contributed by atoms with Crippen molar-refractivity contribution < 1.29 is 9.21 Å². The van der Waals surface area contributed by atoms with Gasteiger partial charge in [0.25, 0.3) is 0 Å². The van der Waals surface area contributed by atoms with Crippen LogP contribution in [0.2, 0.25) is 0 Å². The molecule has 1 amide bonds. The van der Waals surface area contributed by atoms with Crippen LogP contribution in [0.1, 0.15) is 25.0 Å². The van der Waals surface area contributed by atoms with Crippen molar-refractivity contribution in [3.63, 3.8) is 0 Å². The van der Waals surface area contributed by atoms with Crippen molar-refractivity contribution in [2.24, 2.45) is 16.6 Å². The number of carbonyl (C=O) groups is 1. The van der Waals surface area contributed by atoms with Gasteiger partial charge in [-0.3, -0.25) is 4.79 Å². The number of hydrogen-bond donors (Lipinski definition) is 3. The minimum Gasteiger partial charge on any atom is -0.467 e. The highest BCUT2D eigenvalue weighted by Crippen LogP contribution is 2.24. The van der Waals surface area contributed by atoms with Gasteiger partial charge in [0.1, 0.15) is 12.3 Å². The van der Waals surface area contributed by atoms with Crippen molar-refractivity contribution in [1.29, 1.82) is 0 Å². The second-order valence-corrected chi connectivity index (χ2v) is 4.74. The molecule has 0 bridgehead atoms. The first-order chi connectivity index (χ1) is 9.24. The van der Waals surface area contributed by atoms with E-state index >= 15 is 0 Å². The number of hydrogen-bond acceptors (Lipinski definition) is 3. The molecule has 6 heteroatoms. The lowest BCUT2D eigenvalue weighted by atomic mass is 9.85. The van der Waals surface area contributed by atoms with Crippen molar-refractivity contribution in [3.8, 4) is 0 Å². The molecule has 0 aromatic carbocycles. The molecule has 4 N–H and O–H groups in total. The van der Waals surface area contributed by atoms with E-state index in [1.807, 2.05) is 0 Å². The summed E-state index contributed by atoms with van der Waals surface area (Å²) in [5.74, 6) is 1.58. The minimum atomic E-state index is -0.176. The monoisotopic (exact) mass is 264 g/mol. The zero-order valence-electron chi connectivity index (χ0n) is 10.9. The molecule has 0 spiro atoms. The zero-order valence-corrected chi connectivity index (χ0v) is 10.9. The van der Waals surface area contributed by atoms with Gasteiger partial charge in [-0.15, -0.1) is 0 Å². The molecule has 1 fully saturated rings. The zero-order chi connectivity index (χ0) is 13.5. The van der Waals surface area contributed by atoms with Gasteiger partial charge < -0.3 is 20.8 Å². The number of nitrogens with one attached hydrogen (secondary N) is 2. The van der Waals surface area contributed by atoms with Crippen LogP contribution in [0.25, 0.3) is 0 Å². The van der Waals surface area contributed by atoms with Crippen LogP contribution in [0.4, 0.5) is 0 Å². The summed E-state index contributed by atoms with van der Waals surface area (Å²) in [4.78, 5) is 15.5. The number of rotatable bonds is 6. The quantitative estimate of drug-likeness (QED) is 0.518. The van der Waals surface area contributed by atoms with E-state index in [1.54, 1.807) is 18.4 Å². The molecule has 1 heterocycles. The van der Waals surface area contributed by atoms with Gasteiger partial charge in [0.15, 0.2) is 5.96 Å². The van der Waals surface area contributed by atoms with Crippen molar-refractivity contribution in [2.75, 3.05) is 13.1 Å². The number of carbonyl (C=O) groups excluding carboxylic acids is 1. The van der Waals surface area contributed by atoms with Gasteiger partial charge in [-0.1, -0.05) is 6.42 Å². The Bertz CT molecular complexity index is 424. The maximum Gasteiger partial charge on any atom is 0.242 e. The molecule has 1 aromatic heterocycles. The molecule has 0 radical (unpaired) electrons. The van der Waals surface area contributed by atoms with Gasteiger partial charge in [0.05, 0.1) is 12.8 Å². The highest BCUT2D eigenvalue weighted by atomic mass is 16.3. The Morgan fingerprint density at radius 2 is 2.32 bits per heavy atom. The smallest absolute Gasteiger partial charge is 0.242 e. The van der Waals surface area contributed by atoms with Crippen molar-refractivity contribution >= 4 is 11.9 Å². The Morgan fingerprint density at radius 3 is 2.95 bits per heavy atom. The predicted octanol–water partition coefficient (Wildman–Crippen LogP) is 0.600. The molecule has 1 aliphatic rings. The van der Waals surface area contributed by atoms with Crippen LogP contribution < -0.4 is 16.4 Å². The molecule has 1 aromatic rings. The molecular formula is C13H20N4O2. The van der Waals surface area contributed by atoms with Crippen LogP contribution in [0, 0.1) is 5.92 Å². The Balaban J connectivity index is 1.60. The summed E-state index contributed by atoms with van der Waals surface area (Å²) in [5.41, 5.74) is 5.68. The summed E-state index contributed by atoms with van der Waals surface area (Å²) >= 11 is 0. The molecular weight excluding hydrogens is 244 g/mol. The number of furan rings is 1. The topological polar surface area (TPSA) is 92.6 Å². The van der Waals surface area contributed by atoms with Gasteiger partial charge in [-0.25, -0.2) is 4.99 Å². The standard InChI is InChI=1S/C13H20N4O2/c14-13(16-7-10-3-1-4-10)17-9-12(18)15-8-11-5-2-6-19-11/h2,5-6,10H,1,3-4,7-9H2,(H,15,18)(H3,14,16,17). The third kappa shape index (κ3) is 4.65. The summed E-state index contributed by atoms with van der Waals surface area (Å²) in [6.07, 6.45) is 5.38. The average molecular weight is 264 g/mol. The van der Waals surface area contributed by atoms with E-state index in [0.29, 0.717) is 24.2 Å². The molecule has 0 atom stereocenters. The summed E-state index contributed by atoms with van der Waals surface area (Å²) in [5, 5.41) is 5.74. The second kappa shape index (κ2) is 6.82. The highest BCUT2D eigenvalue weighted by molar-refractivity contribution is 5.83. The number of amides is 1. The maximum atomic E-state index is 11.5. The van der Waals surface area contributed by atoms with Gasteiger partial charge >= 0.3 is 0 Å². The van der Waals surface area contributed by atoms with E-state index < -0.39 is 0 Å². The fourth-order valence-corrected chi connectivity index (χ4v) is 1.81. The molecule has 104 valence electrons. The van der Waals surface area contributed by atoms with Crippen LogP contribution in [0.3, 0.4) is 0 Å². The van der Waals surface area contributed by atoms with Crippen LogP contribution in [-0.2, 0) is 11.3 Å². The van der Waals surface area contributed by atoms with E-state index in [2.05, 4.69) is 15.6 Å². The number of nitrogens with two attached hydrogens (primary N) is 1. The lowest BCUT2D eigenvalue weighted by Crippen LogP contribution is -2.38. The van der Waals surface area contributed by atoms with E-state index in [9.17, 15) is 4.79 Å². The third-order valence-electron chi connectivity index (χ3n) is 3.23. The van der Waals surface area contributed by atoms with E-state index in [1.165, 1.54) is 19.3 Å². The van der Waals surface area contributed by atoms with E-state index in [4.69, 9.17) is 10.2 Å². The molecule has 19 heavy (non-hydrogen) atoms. The Morgan fingerprint density at radius 1 is 1.47 bits per heavy atom. The predicted molar refractivity (Wildman–Crippen MR) is 72.4 cm³/mol. The first-order valence-corrected chi connectivity index (χ1v) is 6.57. The summed E-state index contributed by atoms with van der Waals surface area (Å²) in [7, 11) is 0. The fourth-order valence-electron chi connectivity index (χ4n) is 1.81. The molecule has 2 rings (SSSR count). The lowest BCUT2D eigenvalue weighted by Gasteiger charge is -2.25. The minimum absolute atomic E-state index is 0.0320. The lowest BCUT2D eigenvalue weighted by molar-refractivity contribution is -0.119. The van der Waals surface area contributed by atoms with Gasteiger partial charge in [-0.2, -0.15) is 0 Å². The van der Waals surface area contributed by atoms with Crippen molar-refractivity contribution in [2.45, 2.75) is 25.8 Å². The SMILES string of the molecule is NC(=NCC(=O)NCc1ccco1)NCC1CCC1. The Kier molecular flexibility index (Phi) is 4.83. The Hall–Kier alpha value is -1.98. The van der Waals surface area contributed by atoms with Gasteiger partial charge in [0.2, 0.25) is 5.91 Å². The largest absolute Gasteiger partial charge is 0.467 e. The van der Waals surface area contributed by atoms with Crippen LogP contribution in [0.5, 0.6) is 0 Å². The van der Waals surface area contributed by atoms with E-state index in [0.717, 1.165) is 6.54 Å². The molecule has 0 unspecified atom stereocenters. The van der Waals surface area contributed by atoms with Crippen LogP contribution in [0.15, 0.2) is 27.8 Å². The van der Waals surface area contributed by atoms with Crippen molar-refractivity contribution in [1.82, 2.24) is 10.6 Å². The molecule has 1 saturated carbocycles. The number of nitrogens with zero attached hydrogens (tertiary/aromatic N) is 1. The van der Waals surface area contributed by atoms with Crippen molar-refractivity contribution in [3.05, 3.63) is 24.2 Å². The Labute approximate surface area is 112 Å². The average Bonchev–Trinajstić information content (AvgIpc) is 2.85. The first kappa shape index (κ1) is 13.5. The first-order valence-electron chi connectivity index (χ1n) is 6.57. The summed E-state index contributed by atoms with van der Waals surface area (Å²) in [6.45, 7) is 1.25. The third-order valence-corrected chi connectivity index (χ3v) is 3.23. The van der Waals surface area contributed by atoms with Crippen LogP contribution in [-0.4, -0.2) is 25.0 Å². The number of aliphatic imine (C=N–C) groups is 1. The molecule has 0 aliphatic heterocycles. The highest BCUT2D eigenvalue weighted by Gasteiger charge is 2.16. The second-order valence-electron chi connectivity index (χ2n) is 4.74. The summed E-state index contributed by atoms with van der Waals surface area (Å²) in [6, 6.07) is 3.58. The molecule has 6 nitrogen and oxygen atoms in total. The molecule has 1 aliphatic carbocycles.